The Hall–Kier alpha value is -4.60. The molecule has 1 amide bonds. The average molecular weight is 544 g/mol. The number of halogens is 1. The van der Waals surface area contributed by atoms with Crippen LogP contribution in [0.1, 0.15) is 38.8 Å². The molecule has 0 unspecified atom stereocenters. The van der Waals surface area contributed by atoms with Gasteiger partial charge in [0.1, 0.15) is 23.1 Å². The number of hydrogen-bond acceptors (Lipinski definition) is 8. The van der Waals surface area contributed by atoms with Gasteiger partial charge in [-0.3, -0.25) is 0 Å². The molecular weight excluding hydrogens is 509 g/mol. The summed E-state index contributed by atoms with van der Waals surface area (Å²) in [6.45, 7) is 7.94. The topological polar surface area (TPSA) is 105 Å². The Balaban J connectivity index is 1.38. The van der Waals surface area contributed by atoms with Crippen LogP contribution in [0, 0.1) is 5.82 Å². The second-order valence-corrected chi connectivity index (χ2v) is 10.5. The smallest absolute Gasteiger partial charge is 0.407 e. The summed E-state index contributed by atoms with van der Waals surface area (Å²) >= 11 is 0. The van der Waals surface area contributed by atoms with Crippen LogP contribution < -0.4 is 15.5 Å². The van der Waals surface area contributed by atoms with E-state index < -0.39 is 11.7 Å². The first-order chi connectivity index (χ1) is 19.1. The van der Waals surface area contributed by atoms with Gasteiger partial charge in [0, 0.05) is 37.6 Å². The lowest BCUT2D eigenvalue weighted by molar-refractivity contribution is 0.0523. The molecule has 0 bridgehead atoms. The van der Waals surface area contributed by atoms with E-state index in [-0.39, 0.29) is 11.9 Å². The highest BCUT2D eigenvalue weighted by Gasteiger charge is 2.16. The van der Waals surface area contributed by atoms with E-state index in [4.69, 9.17) is 4.74 Å². The standard InChI is InChI=1S/C30H34FN7O2/c1-20(16-21-8-6-9-22(17-21)19-34-29(39)40-30(2,3)4)35-28-33-15-13-26(37-28)38(5)25-12-14-32-27(36-25)23-10-7-11-24(31)18-23/h6-15,17-18,20H,16,19H2,1-5H3,(H,34,39)(H,33,35,37)/t20-/m0/s1. The monoisotopic (exact) mass is 543 g/mol. The van der Waals surface area contributed by atoms with Gasteiger partial charge in [0.15, 0.2) is 5.82 Å². The van der Waals surface area contributed by atoms with E-state index in [1.54, 1.807) is 36.7 Å². The lowest BCUT2D eigenvalue weighted by Crippen LogP contribution is -2.32. The first kappa shape index (κ1) is 28.4. The van der Waals surface area contributed by atoms with Gasteiger partial charge < -0.3 is 20.3 Å². The highest BCUT2D eigenvalue weighted by Crippen LogP contribution is 2.23. The van der Waals surface area contributed by atoms with Crippen LogP contribution in [0.25, 0.3) is 11.4 Å². The van der Waals surface area contributed by atoms with Crippen LogP contribution >= 0.6 is 0 Å². The van der Waals surface area contributed by atoms with Crippen molar-refractivity contribution in [3.63, 3.8) is 0 Å². The molecule has 0 saturated heterocycles. The number of hydrogen-bond donors (Lipinski definition) is 2. The SMILES string of the molecule is C[C@@H](Cc1cccc(CNC(=O)OC(C)(C)C)c1)Nc1nccc(N(C)c2ccnc(-c3cccc(F)c3)n2)n1. The van der Waals surface area contributed by atoms with Crippen LogP contribution in [0.15, 0.2) is 73.1 Å². The van der Waals surface area contributed by atoms with Gasteiger partial charge in [0.05, 0.1) is 0 Å². The number of carbonyl (C=O) groups is 1. The summed E-state index contributed by atoms with van der Waals surface area (Å²) in [6.07, 6.45) is 3.61. The van der Waals surface area contributed by atoms with Gasteiger partial charge in [0.2, 0.25) is 5.95 Å². The quantitative estimate of drug-likeness (QED) is 0.269. The molecule has 4 aromatic rings. The summed E-state index contributed by atoms with van der Waals surface area (Å²) in [4.78, 5) is 31.7. The number of carbonyl (C=O) groups excluding carboxylic acids is 1. The van der Waals surface area contributed by atoms with Crippen LogP contribution in [0.5, 0.6) is 0 Å². The van der Waals surface area contributed by atoms with Gasteiger partial charge in [-0.25, -0.2) is 24.1 Å². The van der Waals surface area contributed by atoms with Crippen molar-refractivity contribution in [3.05, 3.63) is 90.0 Å². The maximum absolute atomic E-state index is 13.7. The summed E-state index contributed by atoms with van der Waals surface area (Å²) in [5.74, 6) is 1.82. The largest absolute Gasteiger partial charge is 0.444 e. The van der Waals surface area contributed by atoms with E-state index in [9.17, 15) is 9.18 Å². The van der Waals surface area contributed by atoms with E-state index in [2.05, 4.69) is 43.6 Å². The van der Waals surface area contributed by atoms with Crippen molar-refractivity contribution in [3.8, 4) is 11.4 Å². The summed E-state index contributed by atoms with van der Waals surface area (Å²) in [6, 6.07) is 17.8. The summed E-state index contributed by atoms with van der Waals surface area (Å²) in [5.41, 5.74) is 2.15. The molecule has 0 aliphatic carbocycles. The Morgan fingerprint density at radius 3 is 2.42 bits per heavy atom. The van der Waals surface area contributed by atoms with E-state index in [0.717, 1.165) is 17.5 Å². The van der Waals surface area contributed by atoms with Gasteiger partial charge in [0.25, 0.3) is 0 Å². The Kier molecular flexibility index (Phi) is 8.88. The highest BCUT2D eigenvalue weighted by atomic mass is 19.1. The van der Waals surface area contributed by atoms with Crippen LogP contribution in [0.2, 0.25) is 0 Å². The average Bonchev–Trinajstić information content (AvgIpc) is 2.91. The molecule has 0 radical (unpaired) electrons. The van der Waals surface area contributed by atoms with Crippen molar-refractivity contribution in [2.75, 3.05) is 17.3 Å². The number of benzene rings is 2. The minimum absolute atomic E-state index is 0.0354. The van der Waals surface area contributed by atoms with Crippen LogP contribution in [0.3, 0.4) is 0 Å². The predicted molar refractivity (Wildman–Crippen MR) is 154 cm³/mol. The zero-order valence-corrected chi connectivity index (χ0v) is 23.4. The fourth-order valence-electron chi connectivity index (χ4n) is 4.01. The van der Waals surface area contributed by atoms with Gasteiger partial charge in [-0.15, -0.1) is 0 Å². The Morgan fingerprint density at radius 2 is 1.68 bits per heavy atom. The lowest BCUT2D eigenvalue weighted by Gasteiger charge is -2.20. The molecule has 0 fully saturated rings. The molecule has 10 heteroatoms. The van der Waals surface area contributed by atoms with Gasteiger partial charge >= 0.3 is 6.09 Å². The minimum Gasteiger partial charge on any atom is -0.444 e. The Morgan fingerprint density at radius 1 is 0.975 bits per heavy atom. The first-order valence-electron chi connectivity index (χ1n) is 13.0. The van der Waals surface area contributed by atoms with Crippen molar-refractivity contribution in [2.24, 2.45) is 0 Å². The summed E-state index contributed by atoms with van der Waals surface area (Å²) < 4.78 is 19.0. The fraction of sp³-hybridized carbons (Fsp3) is 0.300. The van der Waals surface area contributed by atoms with Gasteiger partial charge in [-0.2, -0.15) is 4.98 Å². The number of anilines is 3. The maximum Gasteiger partial charge on any atom is 0.407 e. The number of amides is 1. The molecule has 2 N–H and O–H groups in total. The molecule has 2 aromatic carbocycles. The van der Waals surface area contributed by atoms with Crippen molar-refractivity contribution < 1.29 is 13.9 Å². The molecule has 0 aliphatic rings. The molecule has 40 heavy (non-hydrogen) atoms. The number of nitrogens with one attached hydrogen (secondary N) is 2. The van der Waals surface area contributed by atoms with Crippen molar-refractivity contribution in [1.82, 2.24) is 25.3 Å². The van der Waals surface area contributed by atoms with E-state index in [1.165, 1.54) is 12.1 Å². The van der Waals surface area contributed by atoms with E-state index >= 15 is 0 Å². The molecule has 0 saturated carbocycles. The second-order valence-electron chi connectivity index (χ2n) is 10.5. The molecule has 0 aliphatic heterocycles. The fourth-order valence-corrected chi connectivity index (χ4v) is 4.01. The highest BCUT2D eigenvalue weighted by molar-refractivity contribution is 5.67. The predicted octanol–water partition coefficient (Wildman–Crippen LogP) is 5.91. The third-order valence-electron chi connectivity index (χ3n) is 5.80. The molecule has 9 nitrogen and oxygen atoms in total. The lowest BCUT2D eigenvalue weighted by atomic mass is 10.0. The Labute approximate surface area is 233 Å². The first-order valence-corrected chi connectivity index (χ1v) is 13.0. The molecule has 4 rings (SSSR count). The third kappa shape index (κ3) is 8.20. The maximum atomic E-state index is 13.7. The van der Waals surface area contributed by atoms with Crippen LogP contribution in [-0.2, 0) is 17.7 Å². The molecule has 0 spiro atoms. The van der Waals surface area contributed by atoms with Crippen molar-refractivity contribution in [2.45, 2.75) is 52.3 Å². The zero-order chi connectivity index (χ0) is 28.7. The number of aromatic nitrogens is 4. The van der Waals surface area contributed by atoms with Crippen molar-refractivity contribution >= 4 is 23.7 Å². The molecule has 208 valence electrons. The number of nitrogens with zero attached hydrogens (tertiary/aromatic N) is 5. The number of ether oxygens (including phenoxy) is 1. The minimum atomic E-state index is -0.540. The van der Waals surface area contributed by atoms with Crippen LogP contribution in [0.4, 0.5) is 26.8 Å². The number of rotatable bonds is 9. The second kappa shape index (κ2) is 12.5. The van der Waals surface area contributed by atoms with Gasteiger partial charge in [-0.05, 0) is 69.5 Å². The number of alkyl carbamates (subject to hydrolysis) is 1. The molecule has 2 heterocycles. The summed E-state index contributed by atoms with van der Waals surface area (Å²) in [5, 5.41) is 6.16. The van der Waals surface area contributed by atoms with Crippen molar-refractivity contribution in [1.29, 1.82) is 0 Å². The zero-order valence-electron chi connectivity index (χ0n) is 23.4. The molecular formula is C30H34FN7O2. The third-order valence-corrected chi connectivity index (χ3v) is 5.80. The molecule has 2 aromatic heterocycles. The summed E-state index contributed by atoms with van der Waals surface area (Å²) in [7, 11) is 1.85. The van der Waals surface area contributed by atoms with Gasteiger partial charge in [-0.1, -0.05) is 36.4 Å². The van der Waals surface area contributed by atoms with E-state index in [1.807, 2.05) is 50.9 Å². The normalized spacial score (nSPS) is 11.9. The van der Waals surface area contributed by atoms with Crippen LogP contribution in [-0.4, -0.2) is 44.7 Å². The Bertz CT molecular complexity index is 1460. The molecule has 1 atom stereocenters. The van der Waals surface area contributed by atoms with E-state index in [0.29, 0.717) is 35.5 Å².